The summed E-state index contributed by atoms with van der Waals surface area (Å²) < 4.78 is 0.687. The van der Waals surface area contributed by atoms with Gasteiger partial charge in [-0.1, -0.05) is 0 Å². The van der Waals surface area contributed by atoms with E-state index >= 15 is 0 Å². The Morgan fingerprint density at radius 2 is 2.06 bits per heavy atom. The number of benzene rings is 1. The van der Waals surface area contributed by atoms with Crippen LogP contribution in [-0.2, 0) is 4.79 Å². The Balaban J connectivity index is 2.20. The predicted molar refractivity (Wildman–Crippen MR) is 62.5 cm³/mol. The van der Waals surface area contributed by atoms with Crippen LogP contribution in [0.2, 0.25) is 0 Å². The molecule has 0 atom stereocenters. The number of anilines is 1. The SMILES string of the molecule is O=C(O)c1ccc(Br)c(NC(=O)C2CC2)c1. The number of hydrogen-bond acceptors (Lipinski definition) is 2. The Morgan fingerprint density at radius 1 is 1.38 bits per heavy atom. The number of rotatable bonds is 3. The van der Waals surface area contributed by atoms with E-state index in [1.807, 2.05) is 0 Å². The summed E-state index contributed by atoms with van der Waals surface area (Å²) in [7, 11) is 0. The van der Waals surface area contributed by atoms with Crippen LogP contribution in [0.5, 0.6) is 0 Å². The van der Waals surface area contributed by atoms with E-state index in [1.165, 1.54) is 12.1 Å². The summed E-state index contributed by atoms with van der Waals surface area (Å²) >= 11 is 3.27. The molecule has 5 heteroatoms. The Labute approximate surface area is 101 Å². The van der Waals surface area contributed by atoms with Crippen molar-refractivity contribution in [1.82, 2.24) is 0 Å². The van der Waals surface area contributed by atoms with Gasteiger partial charge in [0.05, 0.1) is 11.3 Å². The van der Waals surface area contributed by atoms with Crippen molar-refractivity contribution in [2.45, 2.75) is 12.8 Å². The van der Waals surface area contributed by atoms with Crippen molar-refractivity contribution < 1.29 is 14.7 Å². The number of carbonyl (C=O) groups is 2. The maximum atomic E-state index is 11.5. The second-order valence-electron chi connectivity index (χ2n) is 3.76. The van der Waals surface area contributed by atoms with Gasteiger partial charge in [0, 0.05) is 10.4 Å². The molecule has 0 bridgehead atoms. The zero-order valence-electron chi connectivity index (χ0n) is 8.37. The molecule has 1 amide bonds. The molecule has 0 aromatic heterocycles. The molecule has 16 heavy (non-hydrogen) atoms. The molecule has 1 aromatic rings. The van der Waals surface area contributed by atoms with Crippen LogP contribution in [0, 0.1) is 5.92 Å². The molecular formula is C11H10BrNO3. The summed E-state index contributed by atoms with van der Waals surface area (Å²) in [5, 5.41) is 11.5. The number of amides is 1. The van der Waals surface area contributed by atoms with Gasteiger partial charge in [0.1, 0.15) is 0 Å². The highest BCUT2D eigenvalue weighted by molar-refractivity contribution is 9.10. The minimum absolute atomic E-state index is 0.0387. The third-order valence-electron chi connectivity index (χ3n) is 2.42. The molecule has 2 N–H and O–H groups in total. The fourth-order valence-electron chi connectivity index (χ4n) is 1.33. The molecule has 0 spiro atoms. The van der Waals surface area contributed by atoms with E-state index in [0.29, 0.717) is 10.2 Å². The summed E-state index contributed by atoms with van der Waals surface area (Å²) in [6.07, 6.45) is 1.84. The standard InChI is InChI=1S/C11H10BrNO3/c12-8-4-3-7(11(15)16)5-9(8)13-10(14)6-1-2-6/h3-6H,1-2H2,(H,13,14)(H,15,16). The van der Waals surface area contributed by atoms with Crippen LogP contribution in [0.1, 0.15) is 23.2 Å². The average Bonchev–Trinajstić information content (AvgIpc) is 3.04. The third-order valence-corrected chi connectivity index (χ3v) is 3.11. The summed E-state index contributed by atoms with van der Waals surface area (Å²) in [6.45, 7) is 0. The zero-order valence-corrected chi connectivity index (χ0v) is 9.95. The van der Waals surface area contributed by atoms with Gasteiger partial charge in [0.2, 0.25) is 5.91 Å². The monoisotopic (exact) mass is 283 g/mol. The fraction of sp³-hybridized carbons (Fsp3) is 0.273. The first-order chi connectivity index (χ1) is 7.58. The number of carbonyl (C=O) groups excluding carboxylic acids is 1. The molecule has 0 saturated heterocycles. The van der Waals surface area contributed by atoms with E-state index in [2.05, 4.69) is 21.2 Å². The van der Waals surface area contributed by atoms with Gasteiger partial charge in [-0.3, -0.25) is 4.79 Å². The molecular weight excluding hydrogens is 274 g/mol. The Morgan fingerprint density at radius 3 is 2.62 bits per heavy atom. The zero-order chi connectivity index (χ0) is 11.7. The van der Waals surface area contributed by atoms with E-state index in [4.69, 9.17) is 5.11 Å². The Bertz CT molecular complexity index is 455. The van der Waals surface area contributed by atoms with E-state index in [-0.39, 0.29) is 17.4 Å². The summed E-state index contributed by atoms with van der Waals surface area (Å²) in [6, 6.07) is 4.55. The second kappa shape index (κ2) is 4.25. The van der Waals surface area contributed by atoms with Crippen LogP contribution in [0.25, 0.3) is 0 Å². The van der Waals surface area contributed by atoms with Crippen molar-refractivity contribution in [2.75, 3.05) is 5.32 Å². The number of halogens is 1. The van der Waals surface area contributed by atoms with Gasteiger partial charge >= 0.3 is 5.97 Å². The number of carboxylic acids is 1. The van der Waals surface area contributed by atoms with E-state index in [9.17, 15) is 9.59 Å². The second-order valence-corrected chi connectivity index (χ2v) is 4.62. The Hall–Kier alpha value is -1.36. The number of aromatic carboxylic acids is 1. The largest absolute Gasteiger partial charge is 0.478 e. The van der Waals surface area contributed by atoms with Crippen LogP contribution >= 0.6 is 15.9 Å². The minimum atomic E-state index is -1.01. The molecule has 0 aliphatic heterocycles. The van der Waals surface area contributed by atoms with Crippen LogP contribution in [0.4, 0.5) is 5.69 Å². The topological polar surface area (TPSA) is 66.4 Å². The molecule has 1 aliphatic rings. The van der Waals surface area contributed by atoms with Gasteiger partial charge in [0.25, 0.3) is 0 Å². The van der Waals surface area contributed by atoms with E-state index in [0.717, 1.165) is 12.8 Å². The molecule has 0 heterocycles. The minimum Gasteiger partial charge on any atom is -0.478 e. The lowest BCUT2D eigenvalue weighted by Gasteiger charge is -2.07. The molecule has 84 valence electrons. The molecule has 4 nitrogen and oxygen atoms in total. The van der Waals surface area contributed by atoms with Gasteiger partial charge in [-0.25, -0.2) is 4.79 Å². The van der Waals surface area contributed by atoms with Crippen molar-refractivity contribution in [3.8, 4) is 0 Å². The first-order valence-electron chi connectivity index (χ1n) is 4.91. The van der Waals surface area contributed by atoms with Crippen molar-refractivity contribution in [1.29, 1.82) is 0 Å². The molecule has 2 rings (SSSR count). The highest BCUT2D eigenvalue weighted by Gasteiger charge is 2.29. The van der Waals surface area contributed by atoms with Crippen LogP contribution in [0.15, 0.2) is 22.7 Å². The van der Waals surface area contributed by atoms with Gasteiger partial charge < -0.3 is 10.4 Å². The van der Waals surface area contributed by atoms with Crippen LogP contribution in [-0.4, -0.2) is 17.0 Å². The van der Waals surface area contributed by atoms with Crippen molar-refractivity contribution in [3.05, 3.63) is 28.2 Å². The lowest BCUT2D eigenvalue weighted by atomic mass is 10.2. The molecule has 0 unspecified atom stereocenters. The van der Waals surface area contributed by atoms with Crippen molar-refractivity contribution in [3.63, 3.8) is 0 Å². The van der Waals surface area contributed by atoms with Gasteiger partial charge in [0.15, 0.2) is 0 Å². The average molecular weight is 284 g/mol. The molecule has 1 saturated carbocycles. The highest BCUT2D eigenvalue weighted by atomic mass is 79.9. The first kappa shape index (κ1) is 11.1. The van der Waals surface area contributed by atoms with E-state index < -0.39 is 5.97 Å². The summed E-state index contributed by atoms with van der Waals surface area (Å²) in [5.74, 6) is -0.946. The maximum absolute atomic E-state index is 11.5. The lowest BCUT2D eigenvalue weighted by Crippen LogP contribution is -2.14. The van der Waals surface area contributed by atoms with Crippen molar-refractivity contribution >= 4 is 33.5 Å². The number of nitrogens with one attached hydrogen (secondary N) is 1. The number of hydrogen-bond donors (Lipinski definition) is 2. The fourth-order valence-corrected chi connectivity index (χ4v) is 1.68. The van der Waals surface area contributed by atoms with Crippen molar-refractivity contribution in [2.24, 2.45) is 5.92 Å². The normalized spacial score (nSPS) is 14.6. The van der Waals surface area contributed by atoms with Crippen LogP contribution < -0.4 is 5.32 Å². The Kier molecular flexibility index (Phi) is 2.96. The lowest BCUT2D eigenvalue weighted by molar-refractivity contribution is -0.117. The first-order valence-corrected chi connectivity index (χ1v) is 5.71. The summed E-state index contributed by atoms with van der Waals surface area (Å²) in [4.78, 5) is 22.3. The highest BCUT2D eigenvalue weighted by Crippen LogP contribution is 2.32. The van der Waals surface area contributed by atoms with Gasteiger partial charge in [-0.15, -0.1) is 0 Å². The quantitative estimate of drug-likeness (QED) is 0.896. The summed E-state index contributed by atoms with van der Waals surface area (Å²) in [5.41, 5.74) is 0.672. The van der Waals surface area contributed by atoms with Crippen LogP contribution in [0.3, 0.4) is 0 Å². The predicted octanol–water partition coefficient (Wildman–Crippen LogP) is 2.50. The van der Waals surface area contributed by atoms with Gasteiger partial charge in [-0.05, 0) is 47.0 Å². The smallest absolute Gasteiger partial charge is 0.335 e. The maximum Gasteiger partial charge on any atom is 0.335 e. The molecule has 0 radical (unpaired) electrons. The van der Waals surface area contributed by atoms with Gasteiger partial charge in [-0.2, -0.15) is 0 Å². The van der Waals surface area contributed by atoms with E-state index in [1.54, 1.807) is 6.07 Å². The molecule has 1 aliphatic carbocycles. The third kappa shape index (κ3) is 2.41. The molecule has 1 fully saturated rings. The number of carboxylic acid groups (broad SMARTS) is 1. The molecule has 1 aromatic carbocycles.